The molecule has 1 fully saturated rings. The van der Waals surface area contributed by atoms with Crippen LogP contribution in [0.3, 0.4) is 0 Å². The number of amides is 1. The predicted octanol–water partition coefficient (Wildman–Crippen LogP) is 2.42. The molecule has 4 heteroatoms. The molecule has 0 spiro atoms. The normalized spacial score (nSPS) is 19.6. The third-order valence-electron chi connectivity index (χ3n) is 3.25. The van der Waals surface area contributed by atoms with Gasteiger partial charge in [-0.1, -0.05) is 26.8 Å². The maximum atomic E-state index is 12.2. The zero-order valence-electron chi connectivity index (χ0n) is 12.1. The van der Waals surface area contributed by atoms with Gasteiger partial charge in [0.15, 0.2) is 0 Å². The van der Waals surface area contributed by atoms with Gasteiger partial charge in [0.05, 0.1) is 6.54 Å². The molecule has 4 nitrogen and oxygen atoms in total. The standard InChI is InChI=1S/C15H22N2O2/c1-11-5-6-13(16-9-11)19-12-7-8-17(10-12)14(18)15(2,3)4/h5-6,9,12H,7-8,10H2,1-4H3. The van der Waals surface area contributed by atoms with Crippen molar-refractivity contribution in [1.82, 2.24) is 9.88 Å². The molecule has 0 N–H and O–H groups in total. The maximum Gasteiger partial charge on any atom is 0.228 e. The van der Waals surface area contributed by atoms with Crippen molar-refractivity contribution in [2.75, 3.05) is 13.1 Å². The summed E-state index contributed by atoms with van der Waals surface area (Å²) in [4.78, 5) is 18.3. The van der Waals surface area contributed by atoms with Crippen LogP contribution in [0.15, 0.2) is 18.3 Å². The van der Waals surface area contributed by atoms with Gasteiger partial charge in [-0.2, -0.15) is 0 Å². The smallest absolute Gasteiger partial charge is 0.228 e. The molecule has 0 aromatic carbocycles. The Bertz CT molecular complexity index is 448. The highest BCUT2D eigenvalue weighted by molar-refractivity contribution is 5.81. The first kappa shape index (κ1) is 13.8. The first-order valence-electron chi connectivity index (χ1n) is 6.75. The lowest BCUT2D eigenvalue weighted by atomic mass is 9.95. The number of hydrogen-bond donors (Lipinski definition) is 0. The van der Waals surface area contributed by atoms with Gasteiger partial charge in [-0.15, -0.1) is 0 Å². The van der Waals surface area contributed by atoms with E-state index in [0.29, 0.717) is 12.4 Å². The SMILES string of the molecule is Cc1ccc(OC2CCN(C(=O)C(C)(C)C)C2)nc1. The second-order valence-electron chi connectivity index (χ2n) is 6.20. The lowest BCUT2D eigenvalue weighted by Crippen LogP contribution is -2.38. The first-order valence-corrected chi connectivity index (χ1v) is 6.75. The van der Waals surface area contributed by atoms with Crippen molar-refractivity contribution in [3.63, 3.8) is 0 Å². The number of pyridine rings is 1. The number of ether oxygens (including phenoxy) is 1. The minimum absolute atomic E-state index is 0.0570. The topological polar surface area (TPSA) is 42.4 Å². The summed E-state index contributed by atoms with van der Waals surface area (Å²) in [6.45, 7) is 9.27. The molecule has 2 heterocycles. The van der Waals surface area contributed by atoms with E-state index in [-0.39, 0.29) is 17.4 Å². The van der Waals surface area contributed by atoms with E-state index in [2.05, 4.69) is 4.98 Å². The van der Waals surface area contributed by atoms with Crippen molar-refractivity contribution in [3.05, 3.63) is 23.9 Å². The Morgan fingerprint density at radius 3 is 2.74 bits per heavy atom. The average molecular weight is 262 g/mol. The molecule has 1 amide bonds. The molecule has 1 unspecified atom stereocenters. The number of carbonyl (C=O) groups is 1. The Morgan fingerprint density at radius 1 is 1.42 bits per heavy atom. The minimum Gasteiger partial charge on any atom is -0.472 e. The number of nitrogens with zero attached hydrogens (tertiary/aromatic N) is 2. The van der Waals surface area contributed by atoms with Gasteiger partial charge in [-0.3, -0.25) is 4.79 Å². The maximum absolute atomic E-state index is 12.2. The number of likely N-dealkylation sites (tertiary alicyclic amines) is 1. The zero-order chi connectivity index (χ0) is 14.0. The van der Waals surface area contributed by atoms with Gasteiger partial charge in [0.2, 0.25) is 11.8 Å². The van der Waals surface area contributed by atoms with E-state index in [9.17, 15) is 4.79 Å². The fraction of sp³-hybridized carbons (Fsp3) is 0.600. The van der Waals surface area contributed by atoms with Crippen LogP contribution >= 0.6 is 0 Å². The van der Waals surface area contributed by atoms with Crippen LogP contribution in [0.5, 0.6) is 5.88 Å². The third-order valence-corrected chi connectivity index (χ3v) is 3.25. The second kappa shape index (κ2) is 5.19. The third kappa shape index (κ3) is 3.46. The molecule has 0 saturated carbocycles. The van der Waals surface area contributed by atoms with Gasteiger partial charge in [0, 0.05) is 30.6 Å². The van der Waals surface area contributed by atoms with Crippen LogP contribution in [0, 0.1) is 12.3 Å². The van der Waals surface area contributed by atoms with E-state index in [0.717, 1.165) is 18.5 Å². The quantitative estimate of drug-likeness (QED) is 0.822. The molecular weight excluding hydrogens is 240 g/mol. The van der Waals surface area contributed by atoms with Gasteiger partial charge < -0.3 is 9.64 Å². The molecule has 1 aliphatic heterocycles. The molecule has 0 aliphatic carbocycles. The summed E-state index contributed by atoms with van der Waals surface area (Å²) in [5.74, 6) is 0.830. The highest BCUT2D eigenvalue weighted by Gasteiger charge is 2.33. The summed E-state index contributed by atoms with van der Waals surface area (Å²) >= 11 is 0. The lowest BCUT2D eigenvalue weighted by Gasteiger charge is -2.25. The molecule has 1 aromatic heterocycles. The van der Waals surface area contributed by atoms with Crippen molar-refractivity contribution in [1.29, 1.82) is 0 Å². The summed E-state index contributed by atoms with van der Waals surface area (Å²) in [5, 5.41) is 0. The van der Waals surface area contributed by atoms with E-state index < -0.39 is 0 Å². The van der Waals surface area contributed by atoms with E-state index >= 15 is 0 Å². The van der Waals surface area contributed by atoms with Crippen molar-refractivity contribution >= 4 is 5.91 Å². The molecule has 1 aromatic rings. The van der Waals surface area contributed by atoms with Crippen LogP contribution in [0.25, 0.3) is 0 Å². The monoisotopic (exact) mass is 262 g/mol. The van der Waals surface area contributed by atoms with Gasteiger partial charge >= 0.3 is 0 Å². The lowest BCUT2D eigenvalue weighted by molar-refractivity contribution is -0.138. The summed E-state index contributed by atoms with van der Waals surface area (Å²) in [6, 6.07) is 3.86. The van der Waals surface area contributed by atoms with Gasteiger partial charge in [-0.05, 0) is 12.5 Å². The van der Waals surface area contributed by atoms with Crippen LogP contribution in [0.1, 0.15) is 32.8 Å². The van der Waals surface area contributed by atoms with Gasteiger partial charge in [-0.25, -0.2) is 4.98 Å². The van der Waals surface area contributed by atoms with Gasteiger partial charge in [0.1, 0.15) is 6.10 Å². The Hall–Kier alpha value is -1.58. The zero-order valence-corrected chi connectivity index (χ0v) is 12.1. The van der Waals surface area contributed by atoms with Crippen LogP contribution in [-0.2, 0) is 4.79 Å². The summed E-state index contributed by atoms with van der Waals surface area (Å²) < 4.78 is 5.82. The van der Waals surface area contributed by atoms with Crippen molar-refractivity contribution in [2.24, 2.45) is 5.41 Å². The summed E-state index contributed by atoms with van der Waals surface area (Å²) in [6.07, 6.45) is 2.72. The van der Waals surface area contributed by atoms with Crippen LogP contribution in [-0.4, -0.2) is 35.0 Å². The first-order chi connectivity index (χ1) is 8.86. The average Bonchev–Trinajstić information content (AvgIpc) is 2.78. The highest BCUT2D eigenvalue weighted by atomic mass is 16.5. The molecule has 104 valence electrons. The van der Waals surface area contributed by atoms with Crippen LogP contribution < -0.4 is 4.74 Å². The molecule has 1 saturated heterocycles. The number of hydrogen-bond acceptors (Lipinski definition) is 3. The van der Waals surface area contributed by atoms with E-state index in [1.807, 2.05) is 44.7 Å². The van der Waals surface area contributed by atoms with Crippen molar-refractivity contribution in [3.8, 4) is 5.88 Å². The molecule has 0 bridgehead atoms. The van der Waals surface area contributed by atoms with E-state index in [1.165, 1.54) is 0 Å². The number of rotatable bonds is 2. The number of aryl methyl sites for hydroxylation is 1. The van der Waals surface area contributed by atoms with Crippen molar-refractivity contribution in [2.45, 2.75) is 40.2 Å². The number of carbonyl (C=O) groups excluding carboxylic acids is 1. The van der Waals surface area contributed by atoms with E-state index in [1.54, 1.807) is 6.20 Å². The number of aromatic nitrogens is 1. The molecule has 0 radical (unpaired) electrons. The summed E-state index contributed by atoms with van der Waals surface area (Å²) in [5.41, 5.74) is 0.792. The van der Waals surface area contributed by atoms with Crippen LogP contribution in [0.4, 0.5) is 0 Å². The van der Waals surface area contributed by atoms with Crippen LogP contribution in [0.2, 0.25) is 0 Å². The Kier molecular flexibility index (Phi) is 3.78. The molecule has 1 atom stereocenters. The molecule has 1 aliphatic rings. The molecular formula is C15H22N2O2. The largest absolute Gasteiger partial charge is 0.472 e. The predicted molar refractivity (Wildman–Crippen MR) is 74.0 cm³/mol. The Balaban J connectivity index is 1.92. The fourth-order valence-electron chi connectivity index (χ4n) is 2.18. The summed E-state index contributed by atoms with van der Waals surface area (Å²) in [7, 11) is 0. The highest BCUT2D eigenvalue weighted by Crippen LogP contribution is 2.23. The van der Waals surface area contributed by atoms with Gasteiger partial charge in [0.25, 0.3) is 0 Å². The second-order valence-corrected chi connectivity index (χ2v) is 6.20. The molecule has 2 rings (SSSR count). The fourth-order valence-corrected chi connectivity index (χ4v) is 2.18. The Morgan fingerprint density at radius 2 is 2.16 bits per heavy atom. The van der Waals surface area contributed by atoms with Crippen molar-refractivity contribution < 1.29 is 9.53 Å². The molecule has 19 heavy (non-hydrogen) atoms. The Labute approximate surface area is 114 Å². The van der Waals surface area contributed by atoms with E-state index in [4.69, 9.17) is 4.74 Å². The minimum atomic E-state index is -0.322.